The monoisotopic (exact) mass is 612 g/mol. The van der Waals surface area contributed by atoms with Crippen LogP contribution in [0.3, 0.4) is 0 Å². The number of hydrogen-bond acceptors (Lipinski definition) is 7. The van der Waals surface area contributed by atoms with E-state index in [0.717, 1.165) is 22.0 Å². The molecular formula is C33H36N6O6. The van der Waals surface area contributed by atoms with E-state index in [2.05, 4.69) is 22.2 Å². The lowest BCUT2D eigenvalue weighted by Gasteiger charge is -2.29. The predicted octanol–water partition coefficient (Wildman–Crippen LogP) is 1.95. The summed E-state index contributed by atoms with van der Waals surface area (Å²) >= 11 is 0. The zero-order valence-corrected chi connectivity index (χ0v) is 24.6. The van der Waals surface area contributed by atoms with Crippen LogP contribution in [0.1, 0.15) is 35.6 Å². The maximum Gasteiger partial charge on any atom is 0.246 e. The highest BCUT2D eigenvalue weighted by molar-refractivity contribution is 5.96. The molecule has 8 N–H and O–H groups in total. The molecule has 0 saturated carbocycles. The molecule has 0 bridgehead atoms. The number of primary amides is 1. The number of hydrogen-bond donors (Lipinski definition) is 6. The number of amides is 4. The molecule has 4 atom stereocenters. The van der Waals surface area contributed by atoms with Crippen LogP contribution in [0, 0.1) is 0 Å². The van der Waals surface area contributed by atoms with E-state index in [1.807, 2.05) is 24.3 Å². The average Bonchev–Trinajstić information content (AvgIpc) is 3.82. The molecule has 0 unspecified atom stereocenters. The molecule has 0 radical (unpaired) electrons. The van der Waals surface area contributed by atoms with Gasteiger partial charge in [0.25, 0.3) is 0 Å². The third kappa shape index (κ3) is 7.07. The molecule has 12 nitrogen and oxygen atoms in total. The number of aromatic hydroxyl groups is 1. The number of aromatic amines is 1. The first-order chi connectivity index (χ1) is 21.6. The first-order valence-electron chi connectivity index (χ1n) is 14.6. The molecule has 4 amide bonds. The van der Waals surface area contributed by atoms with E-state index in [0.29, 0.717) is 24.9 Å². The van der Waals surface area contributed by atoms with E-state index in [-0.39, 0.29) is 30.1 Å². The highest BCUT2D eigenvalue weighted by Gasteiger charge is 2.38. The number of phenolic OH excluding ortho intramolecular Hbond substituents is 1. The van der Waals surface area contributed by atoms with Crippen molar-refractivity contribution in [1.29, 1.82) is 0 Å². The van der Waals surface area contributed by atoms with Crippen LogP contribution >= 0.6 is 0 Å². The van der Waals surface area contributed by atoms with Gasteiger partial charge in [-0.15, -0.1) is 0 Å². The molecule has 2 aromatic carbocycles. The number of H-pyrrole nitrogens is 1. The Morgan fingerprint density at radius 2 is 1.82 bits per heavy atom. The number of phenols is 1. The summed E-state index contributed by atoms with van der Waals surface area (Å²) in [5, 5.41) is 16.1. The molecule has 45 heavy (non-hydrogen) atoms. The number of nitrogens with zero attached hydrogens (tertiary/aromatic N) is 1. The fourth-order valence-corrected chi connectivity index (χ4v) is 5.68. The van der Waals surface area contributed by atoms with Crippen molar-refractivity contribution in [2.45, 2.75) is 49.9 Å². The molecule has 0 aliphatic carbocycles. The van der Waals surface area contributed by atoms with Gasteiger partial charge in [0.1, 0.15) is 17.8 Å². The van der Waals surface area contributed by atoms with Crippen LogP contribution in [0.2, 0.25) is 0 Å². The van der Waals surface area contributed by atoms with Crippen molar-refractivity contribution in [3.63, 3.8) is 0 Å². The number of carbonyl (C=O) groups is 4. The van der Waals surface area contributed by atoms with Gasteiger partial charge in [0.2, 0.25) is 23.6 Å². The van der Waals surface area contributed by atoms with Crippen molar-refractivity contribution in [1.82, 2.24) is 20.5 Å². The fourth-order valence-electron chi connectivity index (χ4n) is 5.68. The van der Waals surface area contributed by atoms with E-state index in [4.69, 9.17) is 15.9 Å². The van der Waals surface area contributed by atoms with E-state index in [1.165, 1.54) is 29.6 Å². The number of para-hydroxylation sites is 1. The summed E-state index contributed by atoms with van der Waals surface area (Å²) in [6, 6.07) is 11.8. The molecule has 1 aliphatic rings. The van der Waals surface area contributed by atoms with Gasteiger partial charge in [-0.1, -0.05) is 36.9 Å². The summed E-state index contributed by atoms with van der Waals surface area (Å²) in [6.45, 7) is 4.10. The first kappa shape index (κ1) is 31.1. The lowest BCUT2D eigenvalue weighted by atomic mass is 9.99. The van der Waals surface area contributed by atoms with Crippen molar-refractivity contribution >= 4 is 34.5 Å². The van der Waals surface area contributed by atoms with Gasteiger partial charge in [-0.25, -0.2) is 0 Å². The highest BCUT2D eigenvalue weighted by atomic mass is 16.3. The second kappa shape index (κ2) is 13.5. The second-order valence-corrected chi connectivity index (χ2v) is 11.2. The Morgan fingerprint density at radius 1 is 1.07 bits per heavy atom. The topological polar surface area (TPSA) is 197 Å². The quantitative estimate of drug-likeness (QED) is 0.131. The molecular weight excluding hydrogens is 576 g/mol. The molecule has 12 heteroatoms. The van der Waals surface area contributed by atoms with Gasteiger partial charge in [0, 0.05) is 41.2 Å². The SMILES string of the molecule is C=C(C(N)=O)[C@@H](NC(=O)[C@H](Cc1c[nH]c2ccccc12)NC(=O)[C@@H]1CCCN1C(=O)[C@@H](N)Cc1ccc(O)cc1)c1ccoc1. The maximum absolute atomic E-state index is 13.9. The van der Waals surface area contributed by atoms with Crippen LogP contribution in [0.5, 0.6) is 5.75 Å². The van der Waals surface area contributed by atoms with Gasteiger partial charge in [-0.05, 0) is 54.7 Å². The zero-order chi connectivity index (χ0) is 32.1. The predicted molar refractivity (Wildman–Crippen MR) is 166 cm³/mol. The minimum atomic E-state index is -1.09. The lowest BCUT2D eigenvalue weighted by Crippen LogP contribution is -2.56. The smallest absolute Gasteiger partial charge is 0.246 e. The Hall–Kier alpha value is -5.36. The highest BCUT2D eigenvalue weighted by Crippen LogP contribution is 2.24. The third-order valence-electron chi connectivity index (χ3n) is 8.11. The maximum atomic E-state index is 13.9. The van der Waals surface area contributed by atoms with Crippen LogP contribution in [0.25, 0.3) is 10.9 Å². The molecule has 3 heterocycles. The average molecular weight is 613 g/mol. The molecule has 1 fully saturated rings. The summed E-state index contributed by atoms with van der Waals surface area (Å²) < 4.78 is 5.15. The number of rotatable bonds is 12. The van der Waals surface area contributed by atoms with E-state index < -0.39 is 41.9 Å². The van der Waals surface area contributed by atoms with Crippen LogP contribution < -0.4 is 22.1 Å². The third-order valence-corrected chi connectivity index (χ3v) is 8.11. The number of fused-ring (bicyclic) bond motifs is 1. The zero-order valence-electron chi connectivity index (χ0n) is 24.6. The molecule has 234 valence electrons. The Morgan fingerprint density at radius 3 is 2.53 bits per heavy atom. The number of benzene rings is 2. The largest absolute Gasteiger partial charge is 0.508 e. The molecule has 1 saturated heterocycles. The summed E-state index contributed by atoms with van der Waals surface area (Å²) in [7, 11) is 0. The summed E-state index contributed by atoms with van der Waals surface area (Å²) in [4.78, 5) is 57.7. The molecule has 1 aliphatic heterocycles. The van der Waals surface area contributed by atoms with Crippen LogP contribution in [-0.2, 0) is 32.0 Å². The molecule has 4 aromatic rings. The number of carbonyl (C=O) groups excluding carboxylic acids is 4. The van der Waals surface area contributed by atoms with Crippen LogP contribution in [0.15, 0.2) is 89.9 Å². The van der Waals surface area contributed by atoms with Crippen molar-refractivity contribution < 1.29 is 28.7 Å². The molecule has 5 rings (SSSR count). The van der Waals surface area contributed by atoms with E-state index in [1.54, 1.807) is 24.4 Å². The Labute approximate surface area is 259 Å². The van der Waals surface area contributed by atoms with Crippen LogP contribution in [-0.4, -0.2) is 63.3 Å². The van der Waals surface area contributed by atoms with Gasteiger partial charge in [0.15, 0.2) is 0 Å². The lowest BCUT2D eigenvalue weighted by molar-refractivity contribution is -0.140. The molecule has 0 spiro atoms. The normalized spacial score (nSPS) is 16.6. The fraction of sp³-hybridized carbons (Fsp3) is 0.273. The standard InChI is InChI=1S/C33H36N6O6/c1-19(30(35)41)29(21-12-14-45-18-21)38-31(42)27(16-22-17-36-26-6-3-2-5-24(22)26)37-32(43)28-7-4-13-39(28)33(44)25(34)15-20-8-10-23(40)11-9-20/h2-3,5-6,8-12,14,17-18,25,27-29,36,40H,1,4,7,13,15-16,34H2,(H2,35,41)(H,37,43)(H,38,42)/t25-,27-,28-,29+/m0/s1. The summed E-state index contributed by atoms with van der Waals surface area (Å²) in [5.41, 5.74) is 14.6. The number of furan rings is 1. The van der Waals surface area contributed by atoms with Gasteiger partial charge < -0.3 is 41.5 Å². The number of aromatic nitrogens is 1. The Kier molecular flexibility index (Phi) is 9.33. The Bertz CT molecular complexity index is 1700. The van der Waals surface area contributed by atoms with Crippen molar-refractivity contribution in [3.8, 4) is 5.75 Å². The van der Waals surface area contributed by atoms with E-state index in [9.17, 15) is 24.3 Å². The van der Waals surface area contributed by atoms with Gasteiger partial charge in [0.05, 0.1) is 24.6 Å². The van der Waals surface area contributed by atoms with Gasteiger partial charge in [-0.3, -0.25) is 19.2 Å². The van der Waals surface area contributed by atoms with Crippen molar-refractivity contribution in [3.05, 3.63) is 102 Å². The van der Waals surface area contributed by atoms with Crippen molar-refractivity contribution in [2.24, 2.45) is 11.5 Å². The van der Waals surface area contributed by atoms with Gasteiger partial charge in [-0.2, -0.15) is 0 Å². The van der Waals surface area contributed by atoms with Crippen LogP contribution in [0.4, 0.5) is 0 Å². The number of nitrogens with two attached hydrogens (primary N) is 2. The Balaban J connectivity index is 1.36. The summed E-state index contributed by atoms with van der Waals surface area (Å²) in [5.74, 6) is -2.15. The minimum Gasteiger partial charge on any atom is -0.508 e. The second-order valence-electron chi connectivity index (χ2n) is 11.2. The van der Waals surface area contributed by atoms with Crippen molar-refractivity contribution in [2.75, 3.05) is 6.54 Å². The molecule has 2 aromatic heterocycles. The number of nitrogens with one attached hydrogen (secondary N) is 3. The van der Waals surface area contributed by atoms with E-state index >= 15 is 0 Å². The van der Waals surface area contributed by atoms with Gasteiger partial charge >= 0.3 is 0 Å². The first-order valence-corrected chi connectivity index (χ1v) is 14.6. The summed E-state index contributed by atoms with van der Waals surface area (Å²) in [6.07, 6.45) is 5.89. The number of likely N-dealkylation sites (tertiary alicyclic amines) is 1. The minimum absolute atomic E-state index is 0.0582.